The van der Waals surface area contributed by atoms with Crippen molar-refractivity contribution in [2.75, 3.05) is 14.2 Å². The van der Waals surface area contributed by atoms with E-state index in [0.717, 1.165) is 0 Å². The van der Waals surface area contributed by atoms with Gasteiger partial charge in [-0.05, 0) is 28.1 Å². The van der Waals surface area contributed by atoms with E-state index in [-0.39, 0.29) is 21.6 Å². The van der Waals surface area contributed by atoms with Gasteiger partial charge in [0.05, 0.1) is 19.9 Å². The predicted molar refractivity (Wildman–Crippen MR) is 71.7 cm³/mol. The Labute approximate surface area is 121 Å². The highest BCUT2D eigenvalue weighted by atomic mass is 79.9. The number of ether oxygens (including phenoxy) is 2. The van der Waals surface area contributed by atoms with Gasteiger partial charge in [0.1, 0.15) is 15.9 Å². The van der Waals surface area contributed by atoms with Gasteiger partial charge in [0.2, 0.25) is 0 Å². The molecule has 106 valence electrons. The molecule has 0 radical (unpaired) electrons. The zero-order valence-electron chi connectivity index (χ0n) is 10.5. The molecule has 6 nitrogen and oxygen atoms in total. The normalized spacial score (nSPS) is 10.4. The number of carboxylic acid groups (broad SMARTS) is 1. The van der Waals surface area contributed by atoms with Gasteiger partial charge in [-0.15, -0.1) is 0 Å². The summed E-state index contributed by atoms with van der Waals surface area (Å²) < 4.78 is 24.3. The lowest BCUT2D eigenvalue weighted by atomic mass is 10.1. The molecule has 0 fully saturated rings. The van der Waals surface area contributed by atoms with Crippen molar-refractivity contribution in [1.29, 1.82) is 0 Å². The lowest BCUT2D eigenvalue weighted by molar-refractivity contribution is 0.0690. The minimum Gasteiger partial charge on any atom is -0.495 e. The van der Waals surface area contributed by atoms with Crippen LogP contribution in [0.3, 0.4) is 0 Å². The first-order chi connectivity index (χ1) is 9.49. The Kier molecular flexibility index (Phi) is 3.93. The number of nitrogens with one attached hydrogen (secondary N) is 1. The molecule has 2 rings (SSSR count). The van der Waals surface area contributed by atoms with E-state index in [2.05, 4.69) is 26.1 Å². The van der Waals surface area contributed by atoms with Crippen LogP contribution in [0.4, 0.5) is 4.39 Å². The zero-order chi connectivity index (χ0) is 14.9. The molecule has 2 aromatic rings. The molecule has 20 heavy (non-hydrogen) atoms. The van der Waals surface area contributed by atoms with Crippen molar-refractivity contribution in [3.8, 4) is 22.8 Å². The van der Waals surface area contributed by atoms with Gasteiger partial charge in [0, 0.05) is 5.56 Å². The Morgan fingerprint density at radius 3 is 2.50 bits per heavy atom. The summed E-state index contributed by atoms with van der Waals surface area (Å²) in [6, 6.07) is 2.46. The fourth-order valence-corrected chi connectivity index (χ4v) is 2.46. The molecule has 2 N–H and O–H groups in total. The van der Waals surface area contributed by atoms with E-state index in [4.69, 9.17) is 14.6 Å². The van der Waals surface area contributed by atoms with Crippen LogP contribution in [-0.4, -0.2) is 35.5 Å². The van der Waals surface area contributed by atoms with Crippen LogP contribution in [0.15, 0.2) is 16.6 Å². The van der Waals surface area contributed by atoms with E-state index in [0.29, 0.717) is 11.3 Å². The molecule has 0 aliphatic carbocycles. The van der Waals surface area contributed by atoms with Crippen molar-refractivity contribution >= 4 is 21.9 Å². The minimum absolute atomic E-state index is 0.000376. The monoisotopic (exact) mass is 344 g/mol. The number of halogens is 2. The molecule has 0 aliphatic heterocycles. The maximum Gasteiger partial charge on any atom is 0.353 e. The van der Waals surface area contributed by atoms with Crippen LogP contribution >= 0.6 is 15.9 Å². The summed E-state index contributed by atoms with van der Waals surface area (Å²) >= 11 is 3.19. The summed E-state index contributed by atoms with van der Waals surface area (Å²) in [5.74, 6) is -1.47. The van der Waals surface area contributed by atoms with Crippen LogP contribution in [-0.2, 0) is 0 Å². The van der Waals surface area contributed by atoms with Crippen LogP contribution in [0, 0.1) is 5.82 Å². The SMILES string of the molecule is COc1c(F)cc(-c2cc(C(=O)O)[nH]n2)c(OC)c1Br. The number of hydrogen-bond acceptors (Lipinski definition) is 4. The quantitative estimate of drug-likeness (QED) is 0.890. The first-order valence-corrected chi connectivity index (χ1v) is 6.18. The maximum absolute atomic E-state index is 13.9. The Balaban J connectivity index is 2.63. The summed E-state index contributed by atoms with van der Waals surface area (Å²) in [4.78, 5) is 10.8. The Hall–Kier alpha value is -2.09. The third-order valence-electron chi connectivity index (χ3n) is 2.62. The molecule has 0 atom stereocenters. The smallest absolute Gasteiger partial charge is 0.353 e. The van der Waals surface area contributed by atoms with Gasteiger partial charge in [0.15, 0.2) is 11.6 Å². The highest BCUT2D eigenvalue weighted by molar-refractivity contribution is 9.10. The van der Waals surface area contributed by atoms with Crippen LogP contribution in [0.5, 0.6) is 11.5 Å². The molecule has 1 aromatic heterocycles. The second-order valence-electron chi connectivity index (χ2n) is 3.76. The average molecular weight is 345 g/mol. The van der Waals surface area contributed by atoms with Crippen LogP contribution in [0.25, 0.3) is 11.3 Å². The number of methoxy groups -OCH3 is 2. The number of aromatic nitrogens is 2. The molecule has 1 heterocycles. The number of aromatic carboxylic acids is 1. The number of nitrogens with zero attached hydrogens (tertiary/aromatic N) is 1. The summed E-state index contributed by atoms with van der Waals surface area (Å²) in [7, 11) is 2.74. The third-order valence-corrected chi connectivity index (χ3v) is 3.34. The molecule has 0 unspecified atom stereocenters. The van der Waals surface area contributed by atoms with Crippen LogP contribution in [0.2, 0.25) is 0 Å². The fourth-order valence-electron chi connectivity index (χ4n) is 1.73. The zero-order valence-corrected chi connectivity index (χ0v) is 12.1. The minimum atomic E-state index is -1.16. The highest BCUT2D eigenvalue weighted by Crippen LogP contribution is 2.43. The predicted octanol–water partition coefficient (Wildman–Crippen LogP) is 2.69. The standard InChI is InChI=1S/C12H10BrFN2O4/c1-19-10-5(3-6(14)11(20-2)9(10)13)7-4-8(12(17)18)16-15-7/h3-4H,1-2H3,(H,15,16)(H,17,18). The number of hydrogen-bond donors (Lipinski definition) is 2. The van der Waals surface area contributed by atoms with Crippen molar-refractivity contribution in [1.82, 2.24) is 10.2 Å². The molecule has 0 spiro atoms. The van der Waals surface area contributed by atoms with Crippen molar-refractivity contribution in [2.45, 2.75) is 0 Å². The number of benzene rings is 1. The lowest BCUT2D eigenvalue weighted by Gasteiger charge is -2.13. The summed E-state index contributed by atoms with van der Waals surface area (Å²) in [6.45, 7) is 0. The van der Waals surface area contributed by atoms with E-state index in [1.54, 1.807) is 0 Å². The lowest BCUT2D eigenvalue weighted by Crippen LogP contribution is -1.96. The third kappa shape index (κ3) is 2.34. The van der Waals surface area contributed by atoms with E-state index in [1.165, 1.54) is 26.4 Å². The molecule has 0 aliphatic rings. The summed E-state index contributed by atoms with van der Waals surface area (Å²) in [5, 5.41) is 15.0. The molecule has 0 amide bonds. The molecular formula is C12H10BrFN2O4. The number of rotatable bonds is 4. The maximum atomic E-state index is 13.9. The number of carboxylic acids is 1. The molecule has 0 bridgehead atoms. The Morgan fingerprint density at radius 2 is 2.00 bits per heavy atom. The number of carbonyl (C=O) groups is 1. The van der Waals surface area contributed by atoms with Crippen LogP contribution in [0.1, 0.15) is 10.5 Å². The second kappa shape index (κ2) is 5.49. The molecular weight excluding hydrogens is 335 g/mol. The van der Waals surface area contributed by atoms with Gasteiger partial charge in [-0.1, -0.05) is 0 Å². The van der Waals surface area contributed by atoms with Gasteiger partial charge < -0.3 is 14.6 Å². The van der Waals surface area contributed by atoms with Crippen LogP contribution < -0.4 is 9.47 Å². The summed E-state index contributed by atoms with van der Waals surface area (Å²) in [5.41, 5.74) is 0.456. The number of aromatic amines is 1. The van der Waals surface area contributed by atoms with Crippen molar-refractivity contribution in [3.63, 3.8) is 0 Å². The van der Waals surface area contributed by atoms with Gasteiger partial charge in [-0.3, -0.25) is 5.10 Å². The average Bonchev–Trinajstić information content (AvgIpc) is 2.88. The fraction of sp³-hybridized carbons (Fsp3) is 0.167. The molecule has 0 saturated heterocycles. The number of H-pyrrole nitrogens is 1. The Morgan fingerprint density at radius 1 is 1.35 bits per heavy atom. The first-order valence-electron chi connectivity index (χ1n) is 5.38. The van der Waals surface area contributed by atoms with Crippen molar-refractivity contribution in [3.05, 3.63) is 28.1 Å². The highest BCUT2D eigenvalue weighted by Gasteiger charge is 2.21. The molecule has 0 saturated carbocycles. The second-order valence-corrected chi connectivity index (χ2v) is 4.55. The summed E-state index contributed by atoms with van der Waals surface area (Å²) in [6.07, 6.45) is 0. The van der Waals surface area contributed by atoms with E-state index < -0.39 is 11.8 Å². The van der Waals surface area contributed by atoms with E-state index in [9.17, 15) is 9.18 Å². The van der Waals surface area contributed by atoms with Crippen molar-refractivity contribution < 1.29 is 23.8 Å². The van der Waals surface area contributed by atoms with Gasteiger partial charge in [0.25, 0.3) is 0 Å². The Bertz CT molecular complexity index is 672. The topological polar surface area (TPSA) is 84.4 Å². The molecule has 1 aromatic carbocycles. The van der Waals surface area contributed by atoms with E-state index in [1.807, 2.05) is 0 Å². The molecule has 8 heteroatoms. The largest absolute Gasteiger partial charge is 0.495 e. The van der Waals surface area contributed by atoms with Gasteiger partial charge in [-0.25, -0.2) is 9.18 Å². The van der Waals surface area contributed by atoms with E-state index >= 15 is 0 Å². The van der Waals surface area contributed by atoms with Gasteiger partial charge in [-0.2, -0.15) is 5.10 Å². The van der Waals surface area contributed by atoms with Crippen molar-refractivity contribution in [2.24, 2.45) is 0 Å². The van der Waals surface area contributed by atoms with Gasteiger partial charge >= 0.3 is 5.97 Å². The first kappa shape index (κ1) is 14.3.